The van der Waals surface area contributed by atoms with E-state index in [1.54, 1.807) is 0 Å². The zero-order valence-corrected chi connectivity index (χ0v) is 11.3. The summed E-state index contributed by atoms with van der Waals surface area (Å²) >= 11 is 0. The molecular formula is C12H15F3N2O2S. The maximum Gasteiger partial charge on any atom is 0.416 e. The lowest BCUT2D eigenvalue weighted by Crippen LogP contribution is -2.42. The Morgan fingerprint density at radius 3 is 2.50 bits per heavy atom. The van der Waals surface area contributed by atoms with E-state index < -0.39 is 21.8 Å². The first kappa shape index (κ1) is 15.3. The third-order valence-electron chi connectivity index (χ3n) is 3.31. The average Bonchev–Trinajstić information content (AvgIpc) is 2.32. The Hall–Kier alpha value is -1.12. The van der Waals surface area contributed by atoms with Crippen LogP contribution in [0.25, 0.3) is 0 Å². The molecule has 0 radical (unpaired) electrons. The Morgan fingerprint density at radius 2 is 1.95 bits per heavy atom. The highest BCUT2D eigenvalue weighted by Crippen LogP contribution is 2.30. The number of nitrogens with two attached hydrogens (primary N) is 1. The number of hydrogen-bond acceptors (Lipinski definition) is 3. The van der Waals surface area contributed by atoms with Gasteiger partial charge in [0.2, 0.25) is 10.0 Å². The largest absolute Gasteiger partial charge is 0.416 e. The van der Waals surface area contributed by atoms with Crippen LogP contribution in [0.3, 0.4) is 0 Å². The van der Waals surface area contributed by atoms with E-state index in [1.807, 2.05) is 0 Å². The third-order valence-corrected chi connectivity index (χ3v) is 4.73. The number of alkyl halides is 3. The van der Waals surface area contributed by atoms with Crippen molar-refractivity contribution in [2.24, 2.45) is 11.7 Å². The molecule has 0 heterocycles. The van der Waals surface area contributed by atoms with Crippen molar-refractivity contribution in [3.05, 3.63) is 29.8 Å². The maximum atomic E-state index is 12.5. The Balaban J connectivity index is 2.09. The van der Waals surface area contributed by atoms with Crippen molar-refractivity contribution in [1.29, 1.82) is 0 Å². The molecule has 0 spiro atoms. The zero-order chi connectivity index (χ0) is 15.0. The van der Waals surface area contributed by atoms with Crippen LogP contribution >= 0.6 is 0 Å². The molecule has 0 bridgehead atoms. The van der Waals surface area contributed by atoms with Gasteiger partial charge in [0.1, 0.15) is 0 Å². The van der Waals surface area contributed by atoms with E-state index in [0.717, 1.165) is 31.0 Å². The summed E-state index contributed by atoms with van der Waals surface area (Å²) in [6, 6.07) is 3.79. The normalized spacial score (nSPS) is 23.4. The molecule has 3 N–H and O–H groups in total. The average molecular weight is 308 g/mol. The molecule has 0 aromatic heterocycles. The highest BCUT2D eigenvalue weighted by atomic mass is 32.2. The van der Waals surface area contributed by atoms with Crippen LogP contribution in [0.15, 0.2) is 29.2 Å². The molecule has 2 rings (SSSR count). The molecule has 112 valence electrons. The van der Waals surface area contributed by atoms with E-state index in [0.29, 0.717) is 6.07 Å². The highest BCUT2D eigenvalue weighted by Gasteiger charge is 2.32. The zero-order valence-electron chi connectivity index (χ0n) is 10.5. The SMILES string of the molecule is NC1CC(CNS(=O)(=O)c2cccc(C(F)(F)F)c2)C1. The van der Waals surface area contributed by atoms with E-state index in [9.17, 15) is 21.6 Å². The second-order valence-electron chi connectivity index (χ2n) is 4.97. The molecule has 1 aromatic rings. The van der Waals surface area contributed by atoms with Crippen LogP contribution in [0, 0.1) is 5.92 Å². The Bertz CT molecular complexity index is 581. The van der Waals surface area contributed by atoms with Crippen molar-refractivity contribution < 1.29 is 21.6 Å². The van der Waals surface area contributed by atoms with Gasteiger partial charge in [0.25, 0.3) is 0 Å². The predicted molar refractivity (Wildman–Crippen MR) is 67.3 cm³/mol. The van der Waals surface area contributed by atoms with E-state index in [1.165, 1.54) is 0 Å². The number of rotatable bonds is 4. The molecule has 20 heavy (non-hydrogen) atoms. The number of nitrogens with one attached hydrogen (secondary N) is 1. The van der Waals surface area contributed by atoms with Crippen molar-refractivity contribution in [2.45, 2.75) is 30.0 Å². The van der Waals surface area contributed by atoms with Crippen LogP contribution < -0.4 is 10.5 Å². The molecule has 0 unspecified atom stereocenters. The lowest BCUT2D eigenvalue weighted by Gasteiger charge is -2.32. The van der Waals surface area contributed by atoms with Gasteiger partial charge in [-0.3, -0.25) is 0 Å². The highest BCUT2D eigenvalue weighted by molar-refractivity contribution is 7.89. The summed E-state index contributed by atoms with van der Waals surface area (Å²) in [6.07, 6.45) is -3.11. The molecule has 1 aliphatic carbocycles. The van der Waals surface area contributed by atoms with Crippen LogP contribution in [-0.4, -0.2) is 21.0 Å². The standard InChI is InChI=1S/C12H15F3N2O2S/c13-12(14,15)9-2-1-3-11(6-9)20(18,19)17-7-8-4-10(16)5-8/h1-3,6,8,10,17H,4-5,7,16H2. The lowest BCUT2D eigenvalue weighted by molar-refractivity contribution is -0.137. The molecule has 0 amide bonds. The van der Waals surface area contributed by atoms with Crippen molar-refractivity contribution in [3.63, 3.8) is 0 Å². The van der Waals surface area contributed by atoms with Gasteiger partial charge in [0, 0.05) is 12.6 Å². The van der Waals surface area contributed by atoms with Crippen LogP contribution in [0.4, 0.5) is 13.2 Å². The van der Waals surface area contributed by atoms with E-state index in [2.05, 4.69) is 4.72 Å². The molecule has 1 saturated carbocycles. The molecule has 0 saturated heterocycles. The predicted octanol–water partition coefficient (Wildman–Crippen LogP) is 1.72. The van der Waals surface area contributed by atoms with E-state index in [-0.39, 0.29) is 23.4 Å². The first-order valence-corrected chi connectivity index (χ1v) is 7.59. The smallest absolute Gasteiger partial charge is 0.328 e. The van der Waals surface area contributed by atoms with E-state index >= 15 is 0 Å². The van der Waals surface area contributed by atoms with Crippen molar-refractivity contribution >= 4 is 10.0 Å². The second kappa shape index (κ2) is 5.34. The summed E-state index contributed by atoms with van der Waals surface area (Å²) in [5, 5.41) is 0. The van der Waals surface area contributed by atoms with Gasteiger partial charge in [-0.1, -0.05) is 6.07 Å². The second-order valence-corrected chi connectivity index (χ2v) is 6.74. The minimum atomic E-state index is -4.56. The van der Waals surface area contributed by atoms with Gasteiger partial charge in [0.05, 0.1) is 10.5 Å². The van der Waals surface area contributed by atoms with Crippen LogP contribution in [0.2, 0.25) is 0 Å². The van der Waals surface area contributed by atoms with Crippen LogP contribution in [0.1, 0.15) is 18.4 Å². The monoisotopic (exact) mass is 308 g/mol. The summed E-state index contributed by atoms with van der Waals surface area (Å²) in [5.41, 5.74) is 4.60. The Labute approximate surface area is 115 Å². The molecule has 1 fully saturated rings. The molecule has 0 atom stereocenters. The summed E-state index contributed by atoms with van der Waals surface area (Å²) in [7, 11) is -3.92. The fourth-order valence-corrected chi connectivity index (χ4v) is 3.27. The van der Waals surface area contributed by atoms with Gasteiger partial charge in [0.15, 0.2) is 0 Å². The first-order valence-electron chi connectivity index (χ1n) is 6.11. The van der Waals surface area contributed by atoms with Gasteiger partial charge >= 0.3 is 6.18 Å². The van der Waals surface area contributed by atoms with Crippen molar-refractivity contribution in [1.82, 2.24) is 4.72 Å². The van der Waals surface area contributed by atoms with Gasteiger partial charge in [-0.2, -0.15) is 13.2 Å². The summed E-state index contributed by atoms with van der Waals surface area (Å²) in [5.74, 6) is 0.158. The van der Waals surface area contributed by atoms with Crippen LogP contribution in [-0.2, 0) is 16.2 Å². The fraction of sp³-hybridized carbons (Fsp3) is 0.500. The number of benzene rings is 1. The van der Waals surface area contributed by atoms with Gasteiger partial charge in [-0.15, -0.1) is 0 Å². The molecular weight excluding hydrogens is 293 g/mol. The fourth-order valence-electron chi connectivity index (χ4n) is 2.10. The van der Waals surface area contributed by atoms with Crippen molar-refractivity contribution in [3.8, 4) is 0 Å². The minimum Gasteiger partial charge on any atom is -0.328 e. The maximum absolute atomic E-state index is 12.5. The molecule has 4 nitrogen and oxygen atoms in total. The Morgan fingerprint density at radius 1 is 1.30 bits per heavy atom. The molecule has 1 aromatic carbocycles. The quantitative estimate of drug-likeness (QED) is 0.889. The molecule has 8 heteroatoms. The van der Waals surface area contributed by atoms with Crippen LogP contribution in [0.5, 0.6) is 0 Å². The first-order chi connectivity index (χ1) is 9.18. The van der Waals surface area contributed by atoms with Gasteiger partial charge in [-0.25, -0.2) is 13.1 Å². The van der Waals surface area contributed by atoms with E-state index in [4.69, 9.17) is 5.73 Å². The summed E-state index contributed by atoms with van der Waals surface area (Å²) in [6.45, 7) is 0.201. The minimum absolute atomic E-state index is 0.0954. The molecule has 1 aliphatic rings. The number of hydrogen-bond donors (Lipinski definition) is 2. The number of sulfonamides is 1. The lowest BCUT2D eigenvalue weighted by atomic mass is 9.81. The van der Waals surface area contributed by atoms with Gasteiger partial charge < -0.3 is 5.73 Å². The third kappa shape index (κ3) is 3.50. The summed E-state index contributed by atoms with van der Waals surface area (Å²) < 4.78 is 63.8. The van der Waals surface area contributed by atoms with Gasteiger partial charge in [-0.05, 0) is 37.0 Å². The number of halogens is 3. The topological polar surface area (TPSA) is 72.2 Å². The Kier molecular flexibility index (Phi) is 4.08. The van der Waals surface area contributed by atoms with Crippen molar-refractivity contribution in [2.75, 3.05) is 6.54 Å². The summed E-state index contributed by atoms with van der Waals surface area (Å²) in [4.78, 5) is -0.379. The molecule has 0 aliphatic heterocycles.